The predicted molar refractivity (Wildman–Crippen MR) is 217 cm³/mol. The van der Waals surface area contributed by atoms with Crippen molar-refractivity contribution in [3.05, 3.63) is 59.8 Å². The first-order valence-electron chi connectivity index (χ1n) is 19.7. The van der Waals surface area contributed by atoms with E-state index in [-0.39, 0.29) is 5.91 Å². The van der Waals surface area contributed by atoms with Crippen molar-refractivity contribution in [2.24, 2.45) is 0 Å². The number of allylic oxidation sites excluding steroid dienone is 4. The van der Waals surface area contributed by atoms with Crippen LogP contribution < -0.4 is 16.0 Å². The molecular weight excluding hydrogens is 609 g/mol. The van der Waals surface area contributed by atoms with Crippen molar-refractivity contribution < 1.29 is 9.28 Å². The molecule has 0 spiro atoms. The van der Waals surface area contributed by atoms with E-state index in [2.05, 4.69) is 98.2 Å². The second-order valence-electron chi connectivity index (χ2n) is 14.2. The summed E-state index contributed by atoms with van der Waals surface area (Å²) in [5.74, 6) is 0.762. The minimum Gasteiger partial charge on any atom is -0.391 e. The molecule has 1 aromatic rings. The first-order chi connectivity index (χ1) is 23.4. The summed E-state index contributed by atoms with van der Waals surface area (Å²) < 4.78 is 1.12. The highest BCUT2D eigenvalue weighted by molar-refractivity contribution is 7.80. The number of amides is 1. The molecule has 0 saturated carbocycles. The highest BCUT2D eigenvalue weighted by Crippen LogP contribution is 2.15. The lowest BCUT2D eigenvalue weighted by Gasteiger charge is -2.30. The molecule has 48 heavy (non-hydrogen) atoms. The molecule has 274 valence electrons. The van der Waals surface area contributed by atoms with E-state index in [1.54, 1.807) is 0 Å². The van der Waals surface area contributed by atoms with Gasteiger partial charge in [0.25, 0.3) is 0 Å². The van der Waals surface area contributed by atoms with Crippen molar-refractivity contribution in [1.82, 2.24) is 10.6 Å². The van der Waals surface area contributed by atoms with E-state index in [1.807, 2.05) is 13.1 Å². The first-order valence-corrected chi connectivity index (χ1v) is 20.3. The van der Waals surface area contributed by atoms with E-state index in [0.29, 0.717) is 18.7 Å². The number of carbonyl (C=O) groups is 1. The molecule has 0 heterocycles. The summed E-state index contributed by atoms with van der Waals surface area (Å²) in [5.41, 5.74) is 3.51. The summed E-state index contributed by atoms with van der Waals surface area (Å²) in [4.78, 5) is 11.6. The Kier molecular flexibility index (Phi) is 28.2. The van der Waals surface area contributed by atoms with E-state index in [9.17, 15) is 4.79 Å². The van der Waals surface area contributed by atoms with Crippen molar-refractivity contribution >= 4 is 30.3 Å². The Labute approximate surface area is 302 Å². The minimum absolute atomic E-state index is 0.0900. The Bertz CT molecular complexity index is 986. The fourth-order valence-corrected chi connectivity index (χ4v) is 6.08. The average Bonchev–Trinajstić information content (AvgIpc) is 3.08. The third kappa shape index (κ3) is 26.7. The molecule has 6 heteroatoms. The van der Waals surface area contributed by atoms with E-state index in [0.717, 1.165) is 29.6 Å². The second kappa shape index (κ2) is 30.8. The number of nitrogens with zero attached hydrogens (tertiary/aromatic N) is 1. The van der Waals surface area contributed by atoms with Crippen LogP contribution in [0.1, 0.15) is 141 Å². The average molecular weight is 684 g/mol. The van der Waals surface area contributed by atoms with E-state index < -0.39 is 0 Å². The molecule has 0 atom stereocenters. The van der Waals surface area contributed by atoms with Crippen LogP contribution in [-0.2, 0) is 4.79 Å². The molecule has 1 aromatic carbocycles. The maximum atomic E-state index is 11.6. The van der Waals surface area contributed by atoms with Gasteiger partial charge in [0.1, 0.15) is 0 Å². The largest absolute Gasteiger partial charge is 0.391 e. The number of thiol groups is 1. The van der Waals surface area contributed by atoms with Gasteiger partial charge in [-0.25, -0.2) is 0 Å². The fourth-order valence-electron chi connectivity index (χ4n) is 5.97. The summed E-state index contributed by atoms with van der Waals surface area (Å²) in [6.07, 6.45) is 35.8. The first kappa shape index (κ1) is 43.8. The summed E-state index contributed by atoms with van der Waals surface area (Å²) in [6, 6.07) is 8.69. The van der Waals surface area contributed by atoms with Crippen molar-refractivity contribution in [2.75, 3.05) is 57.9 Å². The van der Waals surface area contributed by atoms with E-state index >= 15 is 0 Å². The molecule has 0 unspecified atom stereocenters. The van der Waals surface area contributed by atoms with Crippen LogP contribution in [0.2, 0.25) is 0 Å². The number of anilines is 1. The smallest absolute Gasteiger partial charge is 0.220 e. The van der Waals surface area contributed by atoms with Gasteiger partial charge in [0.2, 0.25) is 5.91 Å². The SMILES string of the molecule is C/C=C(\C=C/NCCCC(=O)NCCS)/C=C/c1ccc(NCCC[N+](C)(C)CCCCCCCCCCCCCCCCCC)cc1. The van der Waals surface area contributed by atoms with Crippen molar-refractivity contribution in [1.29, 1.82) is 0 Å². The molecule has 5 nitrogen and oxygen atoms in total. The normalized spacial score (nSPS) is 12.3. The molecule has 1 amide bonds. The second-order valence-corrected chi connectivity index (χ2v) is 14.6. The summed E-state index contributed by atoms with van der Waals surface area (Å²) in [6.45, 7) is 9.26. The molecule has 0 saturated heterocycles. The lowest BCUT2D eigenvalue weighted by atomic mass is 10.0. The van der Waals surface area contributed by atoms with E-state index in [4.69, 9.17) is 0 Å². The van der Waals surface area contributed by atoms with Gasteiger partial charge >= 0.3 is 0 Å². The molecule has 0 aliphatic carbocycles. The maximum absolute atomic E-state index is 11.6. The van der Waals surface area contributed by atoms with Crippen LogP contribution in [-0.4, -0.2) is 63.0 Å². The number of nitrogens with one attached hydrogen (secondary N) is 3. The molecule has 0 aromatic heterocycles. The predicted octanol–water partition coefficient (Wildman–Crippen LogP) is 10.7. The van der Waals surface area contributed by atoms with Gasteiger partial charge in [-0.3, -0.25) is 4.79 Å². The molecular formula is C42H75N4OS+. The quantitative estimate of drug-likeness (QED) is 0.0265. The van der Waals surface area contributed by atoms with Crippen molar-refractivity contribution in [3.8, 4) is 0 Å². The fraction of sp³-hybridized carbons (Fsp3) is 0.690. The lowest BCUT2D eigenvalue weighted by Crippen LogP contribution is -2.41. The Morgan fingerprint density at radius 2 is 1.27 bits per heavy atom. The zero-order valence-electron chi connectivity index (χ0n) is 31.7. The topological polar surface area (TPSA) is 53.2 Å². The van der Waals surface area contributed by atoms with Crippen LogP contribution >= 0.6 is 12.6 Å². The molecule has 0 fully saturated rings. The third-order valence-corrected chi connectivity index (χ3v) is 9.37. The zero-order valence-corrected chi connectivity index (χ0v) is 32.6. The monoisotopic (exact) mass is 684 g/mol. The molecule has 0 aliphatic rings. The molecule has 0 radical (unpaired) electrons. The summed E-state index contributed by atoms with van der Waals surface area (Å²) >= 11 is 4.11. The van der Waals surface area contributed by atoms with Gasteiger partial charge in [-0.15, -0.1) is 0 Å². The number of benzene rings is 1. The minimum atomic E-state index is 0.0900. The Morgan fingerprint density at radius 1 is 0.708 bits per heavy atom. The highest BCUT2D eigenvalue weighted by Gasteiger charge is 2.13. The third-order valence-electron chi connectivity index (χ3n) is 9.15. The van der Waals surface area contributed by atoms with Gasteiger partial charge in [0, 0.05) is 43.9 Å². The molecule has 1 rings (SSSR count). The number of quaternary nitrogens is 1. The summed E-state index contributed by atoms with van der Waals surface area (Å²) in [7, 11) is 4.79. The molecule has 3 N–H and O–H groups in total. The van der Waals surface area contributed by atoms with Crippen LogP contribution in [0.25, 0.3) is 6.08 Å². The van der Waals surface area contributed by atoms with Crippen LogP contribution in [0.4, 0.5) is 5.69 Å². The Morgan fingerprint density at radius 3 is 1.83 bits per heavy atom. The van der Waals surface area contributed by atoms with Gasteiger partial charge in [-0.05, 0) is 61.7 Å². The van der Waals surface area contributed by atoms with Crippen molar-refractivity contribution in [3.63, 3.8) is 0 Å². The molecule has 0 bridgehead atoms. The van der Waals surface area contributed by atoms with Crippen LogP contribution in [0.15, 0.2) is 54.3 Å². The molecule has 0 aliphatic heterocycles. The zero-order chi connectivity index (χ0) is 35.0. The number of unbranched alkanes of at least 4 members (excludes halogenated alkanes) is 15. The lowest BCUT2D eigenvalue weighted by molar-refractivity contribution is -0.890. The maximum Gasteiger partial charge on any atom is 0.220 e. The Balaban J connectivity index is 2.09. The number of carbonyl (C=O) groups excluding carboxylic acids is 1. The van der Waals surface area contributed by atoms with Gasteiger partial charge < -0.3 is 20.4 Å². The van der Waals surface area contributed by atoms with E-state index in [1.165, 1.54) is 133 Å². The Hall–Kier alpha value is -2.18. The number of rotatable bonds is 32. The van der Waals surface area contributed by atoms with Crippen LogP contribution in [0, 0.1) is 0 Å². The van der Waals surface area contributed by atoms with Crippen LogP contribution in [0.5, 0.6) is 0 Å². The van der Waals surface area contributed by atoms with Gasteiger partial charge in [-0.2, -0.15) is 12.6 Å². The van der Waals surface area contributed by atoms with Crippen molar-refractivity contribution in [2.45, 2.75) is 136 Å². The van der Waals surface area contributed by atoms with Gasteiger partial charge in [0.15, 0.2) is 0 Å². The number of hydrogen-bond acceptors (Lipinski definition) is 4. The standard InChI is InChI=1S/C42H74N4OS/c1-5-7-8-9-10-11-12-13-14-15-16-17-18-19-20-21-36-46(3,4)37-23-33-44-41-29-27-40(28-30-41)26-25-39(6-2)31-34-43-32-22-24-42(47)45-35-38-48/h6,25-31,34,43-44H,5,7-24,32-33,35-38H2,1-4H3,(H-,45,47,48)/p+1/b26-25+,34-31-,39-6-. The van der Waals surface area contributed by atoms with Gasteiger partial charge in [-0.1, -0.05) is 127 Å². The number of hydrogen-bond donors (Lipinski definition) is 4. The van der Waals surface area contributed by atoms with Gasteiger partial charge in [0.05, 0.1) is 27.2 Å². The summed E-state index contributed by atoms with van der Waals surface area (Å²) in [5, 5.41) is 9.73. The highest BCUT2D eigenvalue weighted by atomic mass is 32.1. The van der Waals surface area contributed by atoms with Crippen LogP contribution in [0.3, 0.4) is 0 Å².